The Morgan fingerprint density at radius 1 is 1.05 bits per heavy atom. The van der Waals surface area contributed by atoms with E-state index < -0.39 is 8.07 Å². The predicted molar refractivity (Wildman–Crippen MR) is 92.4 cm³/mol. The summed E-state index contributed by atoms with van der Waals surface area (Å²) in [6, 6.07) is 10.3. The second-order valence-corrected chi connectivity index (χ2v) is 12.4. The lowest BCUT2D eigenvalue weighted by molar-refractivity contribution is 0.186. The van der Waals surface area contributed by atoms with Crippen LogP contribution < -0.4 is 5.19 Å². The first-order valence-corrected chi connectivity index (χ1v) is 11.8. The molecule has 0 bridgehead atoms. The lowest BCUT2D eigenvalue weighted by Crippen LogP contribution is -2.37. The minimum absolute atomic E-state index is 0.800. The van der Waals surface area contributed by atoms with Gasteiger partial charge in [0.2, 0.25) is 0 Å². The fraction of sp³-hybridized carbons (Fsp3) is 0.667. The van der Waals surface area contributed by atoms with Gasteiger partial charge in [-0.25, -0.2) is 0 Å². The maximum absolute atomic E-state index is 2.72. The van der Waals surface area contributed by atoms with E-state index in [2.05, 4.69) is 55.7 Å². The van der Waals surface area contributed by atoms with Crippen LogP contribution in [-0.2, 0) is 6.54 Å². The predicted octanol–water partition coefficient (Wildman–Crippen LogP) is 4.39. The summed E-state index contributed by atoms with van der Waals surface area (Å²) in [4.78, 5) is 2.72. The summed E-state index contributed by atoms with van der Waals surface area (Å²) in [6.07, 6.45) is 6.91. The molecule has 1 unspecified atom stereocenters. The van der Waals surface area contributed by atoms with Crippen LogP contribution in [0.1, 0.15) is 44.6 Å². The summed E-state index contributed by atoms with van der Waals surface area (Å²) in [5.74, 6) is 0. The molecule has 1 aromatic carbocycles. The third kappa shape index (κ3) is 4.19. The van der Waals surface area contributed by atoms with Gasteiger partial charge in [-0.3, -0.25) is 4.90 Å². The van der Waals surface area contributed by atoms with Crippen LogP contribution >= 0.6 is 0 Å². The molecule has 1 aromatic rings. The van der Waals surface area contributed by atoms with E-state index in [9.17, 15) is 0 Å². The molecular weight excluding hydrogens is 258 g/mol. The Bertz CT molecular complexity index is 404. The molecule has 1 atom stereocenters. The van der Waals surface area contributed by atoms with Crippen molar-refractivity contribution >= 4 is 13.3 Å². The van der Waals surface area contributed by atoms with Gasteiger partial charge < -0.3 is 0 Å². The highest BCUT2D eigenvalue weighted by atomic mass is 28.3. The number of hydrogen-bond donors (Lipinski definition) is 0. The van der Waals surface area contributed by atoms with E-state index in [1.807, 2.05) is 0 Å². The number of likely N-dealkylation sites (tertiary alicyclic amines) is 1. The van der Waals surface area contributed by atoms with Gasteiger partial charge >= 0.3 is 0 Å². The van der Waals surface area contributed by atoms with Gasteiger partial charge in [0.25, 0.3) is 0 Å². The first-order chi connectivity index (χ1) is 9.50. The van der Waals surface area contributed by atoms with Crippen LogP contribution in [0, 0.1) is 0 Å². The van der Waals surface area contributed by atoms with Gasteiger partial charge in [0.1, 0.15) is 0 Å². The molecule has 2 heteroatoms. The van der Waals surface area contributed by atoms with E-state index in [1.165, 1.54) is 44.2 Å². The van der Waals surface area contributed by atoms with Crippen LogP contribution in [0.25, 0.3) is 0 Å². The van der Waals surface area contributed by atoms with Gasteiger partial charge in [0.05, 0.1) is 8.07 Å². The summed E-state index contributed by atoms with van der Waals surface area (Å²) in [5.41, 5.74) is 1.49. The molecule has 0 aromatic heterocycles. The average Bonchev–Trinajstić information content (AvgIpc) is 2.63. The molecule has 1 fully saturated rings. The fourth-order valence-corrected chi connectivity index (χ4v) is 4.42. The minimum Gasteiger partial charge on any atom is -0.296 e. The van der Waals surface area contributed by atoms with E-state index in [0.29, 0.717) is 0 Å². The Morgan fingerprint density at radius 3 is 2.35 bits per heavy atom. The third-order valence-corrected chi connectivity index (χ3v) is 6.74. The molecule has 1 heterocycles. The van der Waals surface area contributed by atoms with Crippen LogP contribution in [-0.4, -0.2) is 25.6 Å². The van der Waals surface area contributed by atoms with E-state index in [4.69, 9.17) is 0 Å². The largest absolute Gasteiger partial charge is 0.296 e. The Kier molecular flexibility index (Phi) is 5.45. The number of rotatable bonds is 4. The molecule has 2 rings (SSSR count). The van der Waals surface area contributed by atoms with Crippen molar-refractivity contribution in [2.45, 2.75) is 71.3 Å². The molecule has 1 aliphatic rings. The monoisotopic (exact) mass is 289 g/mol. The van der Waals surface area contributed by atoms with Gasteiger partial charge in [-0.1, -0.05) is 68.9 Å². The highest BCUT2D eigenvalue weighted by Gasteiger charge is 2.20. The molecule has 0 amide bonds. The topological polar surface area (TPSA) is 3.24 Å². The number of benzene rings is 1. The Morgan fingerprint density at radius 2 is 1.75 bits per heavy atom. The zero-order valence-electron chi connectivity index (χ0n) is 13.8. The third-order valence-electron chi connectivity index (χ3n) is 4.68. The molecule has 1 aliphatic heterocycles. The Balaban J connectivity index is 2.04. The normalized spacial score (nSPS) is 21.7. The van der Waals surface area contributed by atoms with Crippen molar-refractivity contribution in [3.8, 4) is 0 Å². The van der Waals surface area contributed by atoms with Crippen LogP contribution in [0.3, 0.4) is 0 Å². The minimum atomic E-state index is -1.15. The second-order valence-electron chi connectivity index (χ2n) is 7.33. The van der Waals surface area contributed by atoms with Gasteiger partial charge in [0, 0.05) is 12.6 Å². The molecule has 0 aliphatic carbocycles. The first kappa shape index (κ1) is 15.8. The van der Waals surface area contributed by atoms with Crippen molar-refractivity contribution in [2.75, 3.05) is 6.54 Å². The standard InChI is InChI=1S/C18H31NSi/c1-5-17-9-7-6-8-14-19(17)15-16-10-12-18(13-11-16)20(2,3)4/h10-13,17H,5-9,14-15H2,1-4H3. The molecule has 112 valence electrons. The maximum Gasteiger partial charge on any atom is 0.0775 e. The average molecular weight is 290 g/mol. The van der Waals surface area contributed by atoms with Crippen LogP contribution in [0.15, 0.2) is 24.3 Å². The zero-order valence-corrected chi connectivity index (χ0v) is 14.8. The molecular formula is C18H31NSi. The van der Waals surface area contributed by atoms with Crippen molar-refractivity contribution in [1.82, 2.24) is 4.90 Å². The molecule has 0 radical (unpaired) electrons. The molecule has 0 spiro atoms. The number of nitrogens with zero attached hydrogens (tertiary/aromatic N) is 1. The lowest BCUT2D eigenvalue weighted by Gasteiger charge is -2.29. The first-order valence-electron chi connectivity index (χ1n) is 8.34. The smallest absolute Gasteiger partial charge is 0.0775 e. The number of hydrogen-bond acceptors (Lipinski definition) is 1. The van der Waals surface area contributed by atoms with E-state index in [0.717, 1.165) is 12.6 Å². The Hall–Kier alpha value is -0.603. The summed E-state index contributed by atoms with van der Waals surface area (Å²) < 4.78 is 0. The van der Waals surface area contributed by atoms with Crippen molar-refractivity contribution in [1.29, 1.82) is 0 Å². The molecule has 0 N–H and O–H groups in total. The summed E-state index contributed by atoms with van der Waals surface area (Å²) in [6.45, 7) is 12.0. The molecule has 1 saturated heterocycles. The van der Waals surface area contributed by atoms with E-state index >= 15 is 0 Å². The molecule has 20 heavy (non-hydrogen) atoms. The van der Waals surface area contributed by atoms with Gasteiger partial charge in [0.15, 0.2) is 0 Å². The van der Waals surface area contributed by atoms with Gasteiger partial charge in [-0.2, -0.15) is 0 Å². The van der Waals surface area contributed by atoms with Crippen LogP contribution in [0.2, 0.25) is 19.6 Å². The van der Waals surface area contributed by atoms with E-state index in [-0.39, 0.29) is 0 Å². The molecule has 1 nitrogen and oxygen atoms in total. The highest BCUT2D eigenvalue weighted by Crippen LogP contribution is 2.21. The summed E-state index contributed by atoms with van der Waals surface area (Å²) >= 11 is 0. The second kappa shape index (κ2) is 6.90. The zero-order chi connectivity index (χ0) is 14.6. The fourth-order valence-electron chi connectivity index (χ4n) is 3.25. The van der Waals surface area contributed by atoms with Crippen molar-refractivity contribution in [2.24, 2.45) is 0 Å². The Labute approximate surface area is 126 Å². The summed E-state index contributed by atoms with van der Waals surface area (Å²) in [7, 11) is -1.15. The van der Waals surface area contributed by atoms with Gasteiger partial charge in [-0.15, -0.1) is 0 Å². The van der Waals surface area contributed by atoms with Crippen molar-refractivity contribution in [3.63, 3.8) is 0 Å². The maximum atomic E-state index is 2.72. The highest BCUT2D eigenvalue weighted by molar-refractivity contribution is 6.88. The van der Waals surface area contributed by atoms with Crippen molar-refractivity contribution in [3.05, 3.63) is 29.8 Å². The van der Waals surface area contributed by atoms with Crippen molar-refractivity contribution < 1.29 is 0 Å². The van der Waals surface area contributed by atoms with Gasteiger partial charge in [-0.05, 0) is 31.4 Å². The van der Waals surface area contributed by atoms with Crippen LogP contribution in [0.4, 0.5) is 0 Å². The lowest BCUT2D eigenvalue weighted by atomic mass is 10.1. The molecule has 0 saturated carbocycles. The summed E-state index contributed by atoms with van der Waals surface area (Å²) in [5, 5.41) is 1.57. The van der Waals surface area contributed by atoms with Crippen LogP contribution in [0.5, 0.6) is 0 Å². The quantitative estimate of drug-likeness (QED) is 0.743. The SMILES string of the molecule is CCC1CCCCCN1Cc1ccc([Si](C)(C)C)cc1. The van der Waals surface area contributed by atoms with E-state index in [1.54, 1.807) is 5.19 Å².